The van der Waals surface area contributed by atoms with Gasteiger partial charge in [0, 0.05) is 29.2 Å². The maximum atomic E-state index is 9.71. The number of phenols is 1. The topological polar surface area (TPSA) is 39.3 Å². The highest BCUT2D eigenvalue weighted by atomic mass is 16.3. The molecule has 0 bridgehead atoms. The van der Waals surface area contributed by atoms with Crippen LogP contribution >= 0.6 is 0 Å². The van der Waals surface area contributed by atoms with E-state index in [1.807, 2.05) is 0 Å². The summed E-state index contributed by atoms with van der Waals surface area (Å²) in [7, 11) is 0. The van der Waals surface area contributed by atoms with Crippen molar-refractivity contribution in [2.45, 2.75) is 39.3 Å². The molecule has 25 heavy (non-hydrogen) atoms. The number of fused-ring (bicyclic) bond motifs is 3. The molecule has 0 aliphatic carbocycles. The average molecular weight is 334 g/mol. The molecule has 3 heteroatoms. The smallest absolute Gasteiger partial charge is 0.115 e. The molecular weight excluding hydrogens is 308 g/mol. The monoisotopic (exact) mass is 334 g/mol. The van der Waals surface area contributed by atoms with Crippen LogP contribution in [0.4, 0.5) is 0 Å². The lowest BCUT2D eigenvalue weighted by Crippen LogP contribution is -2.44. The summed E-state index contributed by atoms with van der Waals surface area (Å²) in [4.78, 5) is 6.30. The van der Waals surface area contributed by atoms with Gasteiger partial charge in [-0.15, -0.1) is 0 Å². The first-order valence-corrected chi connectivity index (χ1v) is 9.18. The van der Waals surface area contributed by atoms with Crippen LogP contribution in [-0.2, 0) is 6.42 Å². The van der Waals surface area contributed by atoms with E-state index in [0.717, 1.165) is 13.0 Å². The van der Waals surface area contributed by atoms with E-state index in [1.165, 1.54) is 27.7 Å². The molecule has 0 fully saturated rings. The number of H-pyrrole nitrogens is 1. The molecule has 0 radical (unpaired) electrons. The molecule has 3 nitrogen and oxygen atoms in total. The molecule has 4 rings (SSSR count). The predicted octanol–water partition coefficient (Wildman–Crippen LogP) is 4.87. The number of rotatable bonds is 3. The number of aromatic hydroxyl groups is 1. The van der Waals surface area contributed by atoms with E-state index in [4.69, 9.17) is 0 Å². The number of benzene rings is 2. The van der Waals surface area contributed by atoms with Gasteiger partial charge in [0.05, 0.1) is 6.04 Å². The highest BCUT2D eigenvalue weighted by Crippen LogP contribution is 2.41. The number of nitrogens with zero attached hydrogens (tertiary/aromatic N) is 1. The number of para-hydroxylation sites is 1. The standard InChI is InChI=1S/C22H26N2O/c1-14(2)13-24-15(3)12-19-18-6-4-5-7-20(18)23-21(19)22(24)16-8-10-17(25)11-9-16/h4-11,14-15,22-23,25H,12-13H2,1-3H3/t15-,22-/m1/s1. The molecule has 2 N–H and O–H groups in total. The maximum Gasteiger partial charge on any atom is 0.115 e. The van der Waals surface area contributed by atoms with Crippen molar-refractivity contribution >= 4 is 10.9 Å². The van der Waals surface area contributed by atoms with Gasteiger partial charge in [-0.2, -0.15) is 0 Å². The highest BCUT2D eigenvalue weighted by Gasteiger charge is 2.35. The number of hydrogen-bond acceptors (Lipinski definition) is 2. The number of aromatic amines is 1. The summed E-state index contributed by atoms with van der Waals surface area (Å²) in [5.41, 5.74) is 5.21. The van der Waals surface area contributed by atoms with Crippen LogP contribution in [0.1, 0.15) is 43.6 Å². The second-order valence-electron chi connectivity index (χ2n) is 7.70. The van der Waals surface area contributed by atoms with Crippen molar-refractivity contribution in [1.82, 2.24) is 9.88 Å². The van der Waals surface area contributed by atoms with Crippen molar-refractivity contribution in [3.8, 4) is 5.75 Å². The molecule has 3 aromatic rings. The predicted molar refractivity (Wildman–Crippen MR) is 103 cm³/mol. The van der Waals surface area contributed by atoms with Gasteiger partial charge >= 0.3 is 0 Å². The first-order valence-electron chi connectivity index (χ1n) is 9.18. The van der Waals surface area contributed by atoms with Gasteiger partial charge < -0.3 is 10.1 Å². The fourth-order valence-corrected chi connectivity index (χ4v) is 4.23. The third-order valence-corrected chi connectivity index (χ3v) is 5.30. The fraction of sp³-hybridized carbons (Fsp3) is 0.364. The minimum absolute atomic E-state index is 0.203. The third kappa shape index (κ3) is 2.83. The van der Waals surface area contributed by atoms with Crippen LogP contribution in [0.5, 0.6) is 5.75 Å². The second-order valence-corrected chi connectivity index (χ2v) is 7.70. The molecule has 0 saturated heterocycles. The Morgan fingerprint density at radius 1 is 1.12 bits per heavy atom. The van der Waals surface area contributed by atoms with Gasteiger partial charge in [-0.25, -0.2) is 0 Å². The second kappa shape index (κ2) is 6.23. The molecule has 2 aromatic carbocycles. The first kappa shape index (κ1) is 16.2. The van der Waals surface area contributed by atoms with Crippen LogP contribution in [-0.4, -0.2) is 27.6 Å². The third-order valence-electron chi connectivity index (χ3n) is 5.30. The van der Waals surface area contributed by atoms with Crippen LogP contribution in [0.15, 0.2) is 48.5 Å². The molecule has 0 amide bonds. The largest absolute Gasteiger partial charge is 0.508 e. The van der Waals surface area contributed by atoms with Gasteiger partial charge in [0.2, 0.25) is 0 Å². The zero-order valence-corrected chi connectivity index (χ0v) is 15.2. The van der Waals surface area contributed by atoms with Crippen molar-refractivity contribution in [2.24, 2.45) is 5.92 Å². The van der Waals surface area contributed by atoms with Crippen molar-refractivity contribution < 1.29 is 5.11 Å². The number of hydrogen-bond donors (Lipinski definition) is 2. The highest BCUT2D eigenvalue weighted by molar-refractivity contribution is 5.85. The van der Waals surface area contributed by atoms with E-state index in [-0.39, 0.29) is 6.04 Å². The summed E-state index contributed by atoms with van der Waals surface area (Å²) in [6.07, 6.45) is 1.07. The van der Waals surface area contributed by atoms with E-state index in [9.17, 15) is 5.11 Å². The molecule has 130 valence electrons. The zero-order valence-electron chi connectivity index (χ0n) is 15.2. The summed E-state index contributed by atoms with van der Waals surface area (Å²) in [5, 5.41) is 11.1. The quantitative estimate of drug-likeness (QED) is 0.717. The molecule has 1 aliphatic heterocycles. The average Bonchev–Trinajstić information content (AvgIpc) is 2.94. The molecule has 0 unspecified atom stereocenters. The summed E-state index contributed by atoms with van der Waals surface area (Å²) >= 11 is 0. The maximum absolute atomic E-state index is 9.71. The van der Waals surface area contributed by atoms with Gasteiger partial charge in [-0.05, 0) is 48.6 Å². The lowest BCUT2D eigenvalue weighted by Gasteiger charge is -2.42. The van der Waals surface area contributed by atoms with Crippen LogP contribution in [0, 0.1) is 5.92 Å². The van der Waals surface area contributed by atoms with Crippen LogP contribution < -0.4 is 0 Å². The molecule has 1 aromatic heterocycles. The van der Waals surface area contributed by atoms with Crippen LogP contribution in [0.25, 0.3) is 10.9 Å². The molecule has 2 heterocycles. The van der Waals surface area contributed by atoms with E-state index in [0.29, 0.717) is 17.7 Å². The summed E-state index contributed by atoms with van der Waals surface area (Å²) in [6.45, 7) is 7.95. The van der Waals surface area contributed by atoms with Gasteiger partial charge in [0.15, 0.2) is 0 Å². The Balaban J connectivity index is 1.90. The SMILES string of the molecule is CC(C)CN1[C@H](c2ccc(O)cc2)c2[nH]c3ccccc3c2C[C@H]1C. The Hall–Kier alpha value is -2.26. The van der Waals surface area contributed by atoms with Gasteiger partial charge in [0.1, 0.15) is 5.75 Å². The van der Waals surface area contributed by atoms with E-state index >= 15 is 0 Å². The van der Waals surface area contributed by atoms with Gasteiger partial charge in [0.25, 0.3) is 0 Å². The lowest BCUT2D eigenvalue weighted by atomic mass is 9.88. The van der Waals surface area contributed by atoms with Crippen molar-refractivity contribution in [2.75, 3.05) is 6.54 Å². The van der Waals surface area contributed by atoms with Crippen LogP contribution in [0.2, 0.25) is 0 Å². The van der Waals surface area contributed by atoms with E-state index < -0.39 is 0 Å². The number of phenolic OH excluding ortho intramolecular Hbond substituents is 1. The van der Waals surface area contributed by atoms with Crippen molar-refractivity contribution in [3.05, 3.63) is 65.4 Å². The Morgan fingerprint density at radius 2 is 1.84 bits per heavy atom. The van der Waals surface area contributed by atoms with E-state index in [1.54, 1.807) is 12.1 Å². The Kier molecular flexibility index (Phi) is 4.04. The minimum atomic E-state index is 0.203. The molecular formula is C22H26N2O. The molecule has 2 atom stereocenters. The fourth-order valence-electron chi connectivity index (χ4n) is 4.23. The number of aromatic nitrogens is 1. The summed E-state index contributed by atoms with van der Waals surface area (Å²) in [5.74, 6) is 0.924. The Labute approximate surface area is 149 Å². The van der Waals surface area contributed by atoms with Crippen LogP contribution in [0.3, 0.4) is 0 Å². The number of nitrogens with one attached hydrogen (secondary N) is 1. The Bertz CT molecular complexity index is 879. The normalized spacial score (nSPS) is 21.0. The minimum Gasteiger partial charge on any atom is -0.508 e. The van der Waals surface area contributed by atoms with Crippen molar-refractivity contribution in [3.63, 3.8) is 0 Å². The Morgan fingerprint density at radius 3 is 2.56 bits per heavy atom. The summed E-state index contributed by atoms with van der Waals surface area (Å²) < 4.78 is 0. The van der Waals surface area contributed by atoms with Gasteiger partial charge in [-0.3, -0.25) is 4.90 Å². The molecule has 1 aliphatic rings. The van der Waals surface area contributed by atoms with E-state index in [2.05, 4.69) is 67.1 Å². The molecule has 0 saturated carbocycles. The summed E-state index contributed by atoms with van der Waals surface area (Å²) in [6, 6.07) is 17.0. The zero-order chi connectivity index (χ0) is 17.6. The molecule has 0 spiro atoms. The lowest BCUT2D eigenvalue weighted by molar-refractivity contribution is 0.131. The van der Waals surface area contributed by atoms with Gasteiger partial charge in [-0.1, -0.05) is 44.2 Å². The van der Waals surface area contributed by atoms with Crippen molar-refractivity contribution in [1.29, 1.82) is 0 Å². The first-order chi connectivity index (χ1) is 12.0.